The normalized spacial score (nSPS) is 11.8. The van der Waals surface area contributed by atoms with Crippen LogP contribution in [0.5, 0.6) is 5.75 Å². The molecule has 10 nitrogen and oxygen atoms in total. The van der Waals surface area contributed by atoms with Gasteiger partial charge in [0, 0.05) is 5.69 Å². The van der Waals surface area contributed by atoms with Crippen LogP contribution in [0.15, 0.2) is 77.7 Å². The van der Waals surface area contributed by atoms with Crippen molar-refractivity contribution in [1.82, 2.24) is 4.72 Å². The molecule has 3 aromatic carbocycles. The van der Waals surface area contributed by atoms with E-state index in [1.807, 2.05) is 6.92 Å². The molecule has 0 bridgehead atoms. The zero-order valence-corrected chi connectivity index (χ0v) is 21.9. The predicted octanol–water partition coefficient (Wildman–Crippen LogP) is 3.19. The molecule has 200 valence electrons. The summed E-state index contributed by atoms with van der Waals surface area (Å²) >= 11 is 0. The van der Waals surface area contributed by atoms with E-state index in [1.165, 1.54) is 56.7 Å². The summed E-state index contributed by atoms with van der Waals surface area (Å²) < 4.78 is 43.6. The summed E-state index contributed by atoms with van der Waals surface area (Å²) in [6.45, 7) is 2.24. The van der Waals surface area contributed by atoms with E-state index in [-0.39, 0.29) is 28.1 Å². The van der Waals surface area contributed by atoms with E-state index in [0.717, 1.165) is 0 Å². The molecule has 0 aliphatic heterocycles. The van der Waals surface area contributed by atoms with Crippen LogP contribution in [0.3, 0.4) is 0 Å². The first-order chi connectivity index (χ1) is 18.2. The van der Waals surface area contributed by atoms with E-state index in [1.54, 1.807) is 30.3 Å². The van der Waals surface area contributed by atoms with Gasteiger partial charge in [-0.1, -0.05) is 30.3 Å². The number of methoxy groups -OCH3 is 2. The van der Waals surface area contributed by atoms with E-state index < -0.39 is 33.9 Å². The Morgan fingerprint density at radius 2 is 1.42 bits per heavy atom. The van der Waals surface area contributed by atoms with Crippen molar-refractivity contribution in [2.24, 2.45) is 0 Å². The Bertz CT molecular complexity index is 1360. The number of esters is 2. The molecular weight excluding hydrogens is 512 g/mol. The number of ether oxygens (including phenoxy) is 3. The van der Waals surface area contributed by atoms with Crippen molar-refractivity contribution in [2.75, 3.05) is 26.1 Å². The minimum Gasteiger partial charge on any atom is -0.494 e. The molecule has 0 radical (unpaired) electrons. The lowest BCUT2D eigenvalue weighted by Gasteiger charge is -2.19. The molecule has 0 fully saturated rings. The molecule has 2 N–H and O–H groups in total. The van der Waals surface area contributed by atoms with Crippen LogP contribution >= 0.6 is 0 Å². The predicted molar refractivity (Wildman–Crippen MR) is 140 cm³/mol. The minimum atomic E-state index is -4.11. The molecule has 38 heavy (non-hydrogen) atoms. The maximum atomic E-state index is 13.4. The van der Waals surface area contributed by atoms with Gasteiger partial charge >= 0.3 is 11.9 Å². The van der Waals surface area contributed by atoms with Crippen molar-refractivity contribution in [2.45, 2.75) is 24.3 Å². The number of anilines is 1. The third kappa shape index (κ3) is 7.40. The number of sulfonamides is 1. The average Bonchev–Trinajstić information content (AvgIpc) is 2.92. The maximum Gasteiger partial charge on any atom is 0.337 e. The van der Waals surface area contributed by atoms with Crippen LogP contribution in [0.1, 0.15) is 33.2 Å². The van der Waals surface area contributed by atoms with Gasteiger partial charge in [0.25, 0.3) is 0 Å². The van der Waals surface area contributed by atoms with Crippen molar-refractivity contribution >= 4 is 33.6 Å². The van der Waals surface area contributed by atoms with Crippen LogP contribution in [-0.2, 0) is 30.7 Å². The number of hydrogen-bond donors (Lipinski definition) is 2. The topological polar surface area (TPSA) is 137 Å². The number of rotatable bonds is 11. The number of carbonyl (C=O) groups excluding carboxylic acids is 3. The van der Waals surface area contributed by atoms with Gasteiger partial charge in [0.15, 0.2) is 0 Å². The zero-order valence-electron chi connectivity index (χ0n) is 21.1. The van der Waals surface area contributed by atoms with Crippen LogP contribution < -0.4 is 14.8 Å². The second-order valence-electron chi connectivity index (χ2n) is 8.04. The van der Waals surface area contributed by atoms with E-state index in [2.05, 4.69) is 10.0 Å². The first kappa shape index (κ1) is 28.4. The second kappa shape index (κ2) is 12.8. The highest BCUT2D eigenvalue weighted by atomic mass is 32.2. The average molecular weight is 541 g/mol. The van der Waals surface area contributed by atoms with Crippen LogP contribution in [0.2, 0.25) is 0 Å². The summed E-state index contributed by atoms with van der Waals surface area (Å²) in [7, 11) is -1.76. The number of hydrogen-bond acceptors (Lipinski definition) is 8. The molecule has 1 atom stereocenters. The van der Waals surface area contributed by atoms with Gasteiger partial charge in [0.05, 0.1) is 36.8 Å². The Morgan fingerprint density at radius 3 is 1.95 bits per heavy atom. The molecule has 3 rings (SSSR count). The minimum absolute atomic E-state index is 0.000257. The fraction of sp³-hybridized carbons (Fsp3) is 0.222. The summed E-state index contributed by atoms with van der Waals surface area (Å²) in [6.07, 6.45) is 0.0312. The molecule has 0 aliphatic carbocycles. The number of benzene rings is 3. The molecule has 11 heteroatoms. The van der Waals surface area contributed by atoms with E-state index in [9.17, 15) is 22.8 Å². The molecule has 0 aliphatic rings. The summed E-state index contributed by atoms with van der Waals surface area (Å²) in [5.41, 5.74) is 0.790. The van der Waals surface area contributed by atoms with Gasteiger partial charge in [-0.3, -0.25) is 4.79 Å². The number of carbonyl (C=O) groups is 3. The maximum absolute atomic E-state index is 13.4. The third-order valence-corrected chi connectivity index (χ3v) is 6.87. The molecule has 0 heterocycles. The van der Waals surface area contributed by atoms with Crippen molar-refractivity contribution in [3.8, 4) is 5.75 Å². The number of amides is 1. The van der Waals surface area contributed by atoms with E-state index >= 15 is 0 Å². The highest BCUT2D eigenvalue weighted by molar-refractivity contribution is 7.89. The van der Waals surface area contributed by atoms with Gasteiger partial charge in [0.1, 0.15) is 11.8 Å². The quantitative estimate of drug-likeness (QED) is 0.354. The van der Waals surface area contributed by atoms with Crippen LogP contribution in [0.4, 0.5) is 5.69 Å². The molecule has 3 aromatic rings. The fourth-order valence-electron chi connectivity index (χ4n) is 3.58. The lowest BCUT2D eigenvalue weighted by atomic mass is 10.1. The third-order valence-electron chi connectivity index (χ3n) is 5.38. The number of nitrogens with one attached hydrogen (secondary N) is 2. The lowest BCUT2D eigenvalue weighted by Crippen LogP contribution is -2.45. The van der Waals surface area contributed by atoms with Crippen molar-refractivity contribution in [3.05, 3.63) is 89.5 Å². The second-order valence-corrected chi connectivity index (χ2v) is 9.75. The first-order valence-corrected chi connectivity index (χ1v) is 13.1. The van der Waals surface area contributed by atoms with Crippen molar-refractivity contribution in [3.63, 3.8) is 0 Å². The molecule has 0 unspecified atom stereocenters. The zero-order chi connectivity index (χ0) is 27.7. The summed E-state index contributed by atoms with van der Waals surface area (Å²) in [5.74, 6) is -1.66. The van der Waals surface area contributed by atoms with E-state index in [4.69, 9.17) is 14.2 Å². The lowest BCUT2D eigenvalue weighted by molar-refractivity contribution is -0.117. The summed E-state index contributed by atoms with van der Waals surface area (Å²) in [6, 6.07) is 17.3. The molecule has 0 saturated heterocycles. The Balaban J connectivity index is 1.93. The largest absolute Gasteiger partial charge is 0.494 e. The van der Waals surface area contributed by atoms with Crippen molar-refractivity contribution in [1.29, 1.82) is 0 Å². The van der Waals surface area contributed by atoms with Crippen LogP contribution in [0.25, 0.3) is 0 Å². The van der Waals surface area contributed by atoms with Gasteiger partial charge in [-0.25, -0.2) is 18.0 Å². The first-order valence-electron chi connectivity index (χ1n) is 11.6. The van der Waals surface area contributed by atoms with Gasteiger partial charge in [-0.05, 0) is 61.4 Å². The Morgan fingerprint density at radius 1 is 0.842 bits per heavy atom. The summed E-state index contributed by atoms with van der Waals surface area (Å²) in [5, 5.41) is 2.60. The summed E-state index contributed by atoms with van der Waals surface area (Å²) in [4.78, 5) is 37.6. The smallest absolute Gasteiger partial charge is 0.337 e. The molecule has 0 aromatic heterocycles. The molecule has 1 amide bonds. The fourth-order valence-corrected chi connectivity index (χ4v) is 4.77. The van der Waals surface area contributed by atoms with Crippen LogP contribution in [0, 0.1) is 0 Å². The van der Waals surface area contributed by atoms with Gasteiger partial charge in [-0.2, -0.15) is 4.72 Å². The Labute approximate surface area is 221 Å². The van der Waals surface area contributed by atoms with Crippen LogP contribution in [-0.4, -0.2) is 53.1 Å². The molecule has 0 saturated carbocycles. The molecule has 0 spiro atoms. The van der Waals surface area contributed by atoms with Gasteiger partial charge in [0.2, 0.25) is 15.9 Å². The highest BCUT2D eigenvalue weighted by Crippen LogP contribution is 2.20. The molecular formula is C27H28N2O8S. The van der Waals surface area contributed by atoms with Crippen molar-refractivity contribution < 1.29 is 37.0 Å². The van der Waals surface area contributed by atoms with E-state index in [0.29, 0.717) is 17.9 Å². The Kier molecular flexibility index (Phi) is 9.58. The monoisotopic (exact) mass is 540 g/mol. The van der Waals surface area contributed by atoms with Gasteiger partial charge < -0.3 is 19.5 Å². The standard InChI is InChI=1S/C27H28N2O8S/c1-4-37-22-10-12-23(13-11-22)38(33,34)29-24(14-18-8-6-5-7-9-18)25(30)28-21-16-19(26(31)35-2)15-20(17-21)27(32)36-3/h5-13,15-17,24,29H,4,14H2,1-3H3,(H,28,30)/t24-/m0/s1. The van der Waals surface area contributed by atoms with Gasteiger partial charge in [-0.15, -0.1) is 0 Å². The SMILES string of the molecule is CCOc1ccc(S(=O)(=O)N[C@@H](Cc2ccccc2)C(=O)Nc2cc(C(=O)OC)cc(C(=O)OC)c2)cc1. The Hall–Kier alpha value is -4.22. The highest BCUT2D eigenvalue weighted by Gasteiger charge is 2.27.